The summed E-state index contributed by atoms with van der Waals surface area (Å²) in [5.74, 6) is 1.60. The van der Waals surface area contributed by atoms with Crippen molar-refractivity contribution in [2.24, 2.45) is 11.7 Å². The van der Waals surface area contributed by atoms with Gasteiger partial charge in [-0.15, -0.1) is 0 Å². The molecule has 0 aliphatic rings. The van der Waals surface area contributed by atoms with Gasteiger partial charge in [0, 0.05) is 12.1 Å². The topological polar surface area (TPSA) is 38.5 Å². The Morgan fingerprint density at radius 2 is 1.74 bits per heavy atom. The molecule has 1 rings (SSSR count). The predicted molar refractivity (Wildman–Crippen MR) is 81.5 cm³/mol. The lowest BCUT2D eigenvalue weighted by Crippen LogP contribution is -2.38. The third-order valence-corrected chi connectivity index (χ3v) is 3.49. The van der Waals surface area contributed by atoms with Crippen LogP contribution in [-0.4, -0.2) is 31.6 Å². The molecule has 0 aliphatic carbocycles. The van der Waals surface area contributed by atoms with Crippen LogP contribution in [0.25, 0.3) is 0 Å². The molecule has 19 heavy (non-hydrogen) atoms. The molecular weight excluding hydrogens is 236 g/mol. The maximum Gasteiger partial charge on any atom is 0.118 e. The lowest BCUT2D eigenvalue weighted by molar-refractivity contribution is 0.208. The maximum absolute atomic E-state index is 6.17. The molecule has 3 nitrogen and oxygen atoms in total. The molecule has 0 amide bonds. The first-order chi connectivity index (χ1) is 8.95. The fourth-order valence-electron chi connectivity index (χ4n) is 2.36. The van der Waals surface area contributed by atoms with E-state index < -0.39 is 0 Å². The Labute approximate surface area is 117 Å². The summed E-state index contributed by atoms with van der Waals surface area (Å²) in [7, 11) is 3.84. The monoisotopic (exact) mass is 264 g/mol. The highest BCUT2D eigenvalue weighted by Gasteiger charge is 2.21. The molecule has 0 saturated carbocycles. The Kier molecular flexibility index (Phi) is 6.32. The Bertz CT molecular complexity index is 360. The van der Waals surface area contributed by atoms with Gasteiger partial charge >= 0.3 is 0 Å². The van der Waals surface area contributed by atoms with Gasteiger partial charge < -0.3 is 10.5 Å². The molecule has 2 N–H and O–H groups in total. The predicted octanol–water partition coefficient (Wildman–Crippen LogP) is 3.06. The van der Waals surface area contributed by atoms with E-state index in [0.29, 0.717) is 5.92 Å². The molecule has 0 saturated heterocycles. The summed E-state index contributed by atoms with van der Waals surface area (Å²) in [5, 5.41) is 0. The summed E-state index contributed by atoms with van der Waals surface area (Å²) >= 11 is 0. The van der Waals surface area contributed by atoms with Crippen molar-refractivity contribution in [3.63, 3.8) is 0 Å². The van der Waals surface area contributed by atoms with Crippen molar-refractivity contribution in [3.8, 4) is 5.75 Å². The number of rotatable bonds is 7. The SMILES string of the molecule is COc1ccc(C(C(C)N)N(C)CCC(C)C)cc1. The molecule has 1 aromatic carbocycles. The van der Waals surface area contributed by atoms with E-state index in [1.165, 1.54) is 12.0 Å². The molecule has 2 atom stereocenters. The number of hydrogen-bond donors (Lipinski definition) is 1. The van der Waals surface area contributed by atoms with Crippen molar-refractivity contribution in [1.82, 2.24) is 4.90 Å². The van der Waals surface area contributed by atoms with Crippen LogP contribution >= 0.6 is 0 Å². The number of methoxy groups -OCH3 is 1. The lowest BCUT2D eigenvalue weighted by Gasteiger charge is -2.32. The fraction of sp³-hybridized carbons (Fsp3) is 0.625. The van der Waals surface area contributed by atoms with E-state index in [9.17, 15) is 0 Å². The highest BCUT2D eigenvalue weighted by molar-refractivity contribution is 5.29. The van der Waals surface area contributed by atoms with E-state index in [1.54, 1.807) is 7.11 Å². The minimum atomic E-state index is 0.102. The molecule has 0 spiro atoms. The van der Waals surface area contributed by atoms with E-state index in [-0.39, 0.29) is 12.1 Å². The smallest absolute Gasteiger partial charge is 0.118 e. The van der Waals surface area contributed by atoms with Gasteiger partial charge in [-0.25, -0.2) is 0 Å². The Balaban J connectivity index is 2.80. The van der Waals surface area contributed by atoms with Gasteiger partial charge in [-0.2, -0.15) is 0 Å². The second-order valence-corrected chi connectivity index (χ2v) is 5.74. The standard InChI is InChI=1S/C16H28N2O/c1-12(2)10-11-18(4)16(13(3)17)14-6-8-15(19-5)9-7-14/h6-9,12-13,16H,10-11,17H2,1-5H3. The van der Waals surface area contributed by atoms with Crippen molar-refractivity contribution in [1.29, 1.82) is 0 Å². The molecule has 0 aromatic heterocycles. The van der Waals surface area contributed by atoms with Gasteiger partial charge in [0.2, 0.25) is 0 Å². The van der Waals surface area contributed by atoms with E-state index >= 15 is 0 Å². The normalized spacial score (nSPS) is 14.7. The lowest BCUT2D eigenvalue weighted by atomic mass is 9.98. The van der Waals surface area contributed by atoms with Crippen molar-refractivity contribution in [2.75, 3.05) is 20.7 Å². The third-order valence-electron chi connectivity index (χ3n) is 3.49. The van der Waals surface area contributed by atoms with Crippen LogP contribution in [0.15, 0.2) is 24.3 Å². The first-order valence-corrected chi connectivity index (χ1v) is 7.05. The molecular formula is C16H28N2O. The van der Waals surface area contributed by atoms with Gasteiger partial charge in [0.05, 0.1) is 7.11 Å². The van der Waals surface area contributed by atoms with E-state index in [4.69, 9.17) is 10.5 Å². The first kappa shape index (κ1) is 16.0. The van der Waals surface area contributed by atoms with Gasteiger partial charge in [0.15, 0.2) is 0 Å². The number of hydrogen-bond acceptors (Lipinski definition) is 3. The molecule has 0 fully saturated rings. The van der Waals surface area contributed by atoms with Crippen LogP contribution in [0, 0.1) is 5.92 Å². The zero-order chi connectivity index (χ0) is 14.4. The van der Waals surface area contributed by atoms with Crippen LogP contribution in [0.1, 0.15) is 38.8 Å². The molecule has 0 heterocycles. The molecule has 1 aromatic rings. The van der Waals surface area contributed by atoms with Crippen LogP contribution in [0.3, 0.4) is 0 Å². The summed E-state index contributed by atoms with van der Waals surface area (Å²) in [6.45, 7) is 7.64. The zero-order valence-electron chi connectivity index (χ0n) is 12.9. The summed E-state index contributed by atoms with van der Waals surface area (Å²) in [6, 6.07) is 8.58. The average molecular weight is 264 g/mol. The van der Waals surface area contributed by atoms with E-state index in [0.717, 1.165) is 12.3 Å². The van der Waals surface area contributed by atoms with Crippen LogP contribution in [0.4, 0.5) is 0 Å². The highest BCUT2D eigenvalue weighted by atomic mass is 16.5. The van der Waals surface area contributed by atoms with Crippen LogP contribution in [-0.2, 0) is 0 Å². The number of nitrogens with zero attached hydrogens (tertiary/aromatic N) is 1. The van der Waals surface area contributed by atoms with Gasteiger partial charge in [-0.05, 0) is 50.6 Å². The molecule has 3 heteroatoms. The van der Waals surface area contributed by atoms with Crippen molar-refractivity contribution in [2.45, 2.75) is 39.3 Å². The molecule has 108 valence electrons. The van der Waals surface area contributed by atoms with Crippen molar-refractivity contribution < 1.29 is 4.74 Å². The Hall–Kier alpha value is -1.06. The van der Waals surface area contributed by atoms with Gasteiger partial charge in [-0.3, -0.25) is 4.90 Å². The quantitative estimate of drug-likeness (QED) is 0.822. The van der Waals surface area contributed by atoms with Crippen LogP contribution in [0.5, 0.6) is 5.75 Å². The number of benzene rings is 1. The van der Waals surface area contributed by atoms with E-state index in [1.807, 2.05) is 12.1 Å². The van der Waals surface area contributed by atoms with Gasteiger partial charge in [-0.1, -0.05) is 26.0 Å². The Morgan fingerprint density at radius 1 is 1.16 bits per heavy atom. The molecule has 0 bridgehead atoms. The second-order valence-electron chi connectivity index (χ2n) is 5.74. The van der Waals surface area contributed by atoms with Gasteiger partial charge in [0.1, 0.15) is 5.75 Å². The largest absolute Gasteiger partial charge is 0.497 e. The fourth-order valence-corrected chi connectivity index (χ4v) is 2.36. The summed E-state index contributed by atoms with van der Waals surface area (Å²) in [5.41, 5.74) is 7.43. The summed E-state index contributed by atoms with van der Waals surface area (Å²) in [6.07, 6.45) is 1.19. The number of nitrogens with two attached hydrogens (primary N) is 1. The van der Waals surface area contributed by atoms with Gasteiger partial charge in [0.25, 0.3) is 0 Å². The molecule has 2 unspecified atom stereocenters. The highest BCUT2D eigenvalue weighted by Crippen LogP contribution is 2.25. The summed E-state index contributed by atoms with van der Waals surface area (Å²) < 4.78 is 5.20. The molecule has 0 radical (unpaired) electrons. The van der Waals surface area contributed by atoms with Crippen LogP contribution < -0.4 is 10.5 Å². The number of likely N-dealkylation sites (N-methyl/N-ethyl adjacent to an activating group) is 1. The van der Waals surface area contributed by atoms with E-state index in [2.05, 4.69) is 44.9 Å². The van der Waals surface area contributed by atoms with Crippen LogP contribution in [0.2, 0.25) is 0 Å². The number of ether oxygens (including phenoxy) is 1. The zero-order valence-corrected chi connectivity index (χ0v) is 12.9. The Morgan fingerprint density at radius 3 is 2.16 bits per heavy atom. The third kappa shape index (κ3) is 4.84. The first-order valence-electron chi connectivity index (χ1n) is 7.05. The summed E-state index contributed by atoms with van der Waals surface area (Å²) in [4.78, 5) is 2.35. The molecule has 0 aliphatic heterocycles. The minimum absolute atomic E-state index is 0.102. The minimum Gasteiger partial charge on any atom is -0.497 e. The maximum atomic E-state index is 6.17. The average Bonchev–Trinajstić information content (AvgIpc) is 2.37. The van der Waals surface area contributed by atoms with Crippen molar-refractivity contribution >= 4 is 0 Å². The second kappa shape index (κ2) is 7.51. The van der Waals surface area contributed by atoms with Crippen molar-refractivity contribution in [3.05, 3.63) is 29.8 Å².